The van der Waals surface area contributed by atoms with Crippen LogP contribution in [0.3, 0.4) is 0 Å². The molecule has 1 fully saturated rings. The number of anilines is 1. The van der Waals surface area contributed by atoms with E-state index in [9.17, 15) is 0 Å². The third-order valence-corrected chi connectivity index (χ3v) is 4.85. The molecule has 2 aromatic heterocycles. The molecule has 6 heteroatoms. The van der Waals surface area contributed by atoms with Gasteiger partial charge in [-0.1, -0.05) is 6.92 Å². The zero-order chi connectivity index (χ0) is 14.1. The molecule has 1 aliphatic heterocycles. The lowest BCUT2D eigenvalue weighted by Gasteiger charge is -2.18. The van der Waals surface area contributed by atoms with Crippen molar-refractivity contribution in [2.45, 2.75) is 38.3 Å². The van der Waals surface area contributed by atoms with Crippen molar-refractivity contribution in [3.63, 3.8) is 0 Å². The second kappa shape index (κ2) is 5.71. The number of methoxy groups -OCH3 is 1. The smallest absolute Gasteiger partial charge is 0.195 e. The number of nitrogens with two attached hydrogens (primary N) is 1. The molecule has 2 aromatic rings. The average molecular weight is 294 g/mol. The predicted molar refractivity (Wildman–Crippen MR) is 82.7 cm³/mol. The van der Waals surface area contributed by atoms with Gasteiger partial charge in [0.2, 0.25) is 0 Å². The van der Waals surface area contributed by atoms with Gasteiger partial charge in [-0.2, -0.15) is 0 Å². The van der Waals surface area contributed by atoms with Gasteiger partial charge in [-0.05, 0) is 12.8 Å². The van der Waals surface area contributed by atoms with Crippen molar-refractivity contribution in [3.05, 3.63) is 17.3 Å². The third-order valence-electron chi connectivity index (χ3n) is 4.10. The fraction of sp³-hybridized carbons (Fsp3) is 0.643. The highest BCUT2D eigenvalue weighted by Gasteiger charge is 2.27. The highest BCUT2D eigenvalue weighted by molar-refractivity contribution is 7.15. The quantitative estimate of drug-likeness (QED) is 0.915. The van der Waals surface area contributed by atoms with Gasteiger partial charge < -0.3 is 15.4 Å². The zero-order valence-corrected chi connectivity index (χ0v) is 12.9. The van der Waals surface area contributed by atoms with Crippen molar-refractivity contribution < 1.29 is 4.74 Å². The van der Waals surface area contributed by atoms with Gasteiger partial charge >= 0.3 is 0 Å². The maximum Gasteiger partial charge on any atom is 0.195 e. The topological polar surface area (TPSA) is 55.8 Å². The molecule has 5 nitrogen and oxygen atoms in total. The Morgan fingerprint density at radius 2 is 2.45 bits per heavy atom. The molecule has 0 spiro atoms. The number of thiazole rings is 1. The summed E-state index contributed by atoms with van der Waals surface area (Å²) in [4.78, 5) is 8.20. The Labute approximate surface area is 123 Å². The number of nitrogens with zero attached hydrogens (tertiary/aromatic N) is 3. The second-order valence-corrected chi connectivity index (χ2v) is 6.28. The lowest BCUT2D eigenvalue weighted by Crippen LogP contribution is -2.27. The first-order valence-corrected chi connectivity index (χ1v) is 8.08. The van der Waals surface area contributed by atoms with E-state index in [-0.39, 0.29) is 6.04 Å². The summed E-state index contributed by atoms with van der Waals surface area (Å²) in [6.45, 7) is 4.07. The zero-order valence-electron chi connectivity index (χ0n) is 12.1. The molecule has 2 N–H and O–H groups in total. The van der Waals surface area contributed by atoms with Crippen molar-refractivity contribution in [2.24, 2.45) is 5.73 Å². The van der Waals surface area contributed by atoms with E-state index in [0.717, 1.165) is 43.1 Å². The summed E-state index contributed by atoms with van der Waals surface area (Å²) in [5.74, 6) is 1.10. The molecule has 0 bridgehead atoms. The van der Waals surface area contributed by atoms with E-state index in [1.165, 1.54) is 5.69 Å². The van der Waals surface area contributed by atoms with Crippen LogP contribution in [0.2, 0.25) is 0 Å². The van der Waals surface area contributed by atoms with Gasteiger partial charge in [-0.3, -0.25) is 4.40 Å². The number of hydrogen-bond acceptors (Lipinski definition) is 5. The SMILES string of the molecule is CCC(N)Cc1c(N2CCC(OC)C2)nc2sccn12. The van der Waals surface area contributed by atoms with Gasteiger partial charge in [-0.25, -0.2) is 4.98 Å². The van der Waals surface area contributed by atoms with Crippen molar-refractivity contribution in [1.82, 2.24) is 9.38 Å². The Morgan fingerprint density at radius 1 is 1.60 bits per heavy atom. The van der Waals surface area contributed by atoms with Gasteiger partial charge in [-0.15, -0.1) is 11.3 Å². The van der Waals surface area contributed by atoms with Crippen LogP contribution < -0.4 is 10.6 Å². The van der Waals surface area contributed by atoms with Crippen LogP contribution in [0.4, 0.5) is 5.82 Å². The summed E-state index contributed by atoms with van der Waals surface area (Å²) < 4.78 is 7.65. The van der Waals surface area contributed by atoms with Gasteiger partial charge in [0.15, 0.2) is 10.8 Å². The molecule has 20 heavy (non-hydrogen) atoms. The van der Waals surface area contributed by atoms with Gasteiger partial charge in [0, 0.05) is 44.2 Å². The van der Waals surface area contributed by atoms with Crippen LogP contribution in [0, 0.1) is 0 Å². The van der Waals surface area contributed by atoms with Crippen LogP contribution in [0.5, 0.6) is 0 Å². The summed E-state index contributed by atoms with van der Waals surface area (Å²) in [6.07, 6.45) is 5.34. The molecule has 0 saturated carbocycles. The first-order valence-electron chi connectivity index (χ1n) is 7.20. The molecule has 0 amide bonds. The molecule has 0 radical (unpaired) electrons. The Bertz CT molecular complexity index is 579. The molecule has 0 aromatic carbocycles. The molecule has 3 rings (SSSR count). The number of ether oxygens (including phenoxy) is 1. The summed E-state index contributed by atoms with van der Waals surface area (Å²) in [5, 5.41) is 2.08. The lowest BCUT2D eigenvalue weighted by molar-refractivity contribution is 0.121. The van der Waals surface area contributed by atoms with E-state index in [0.29, 0.717) is 6.10 Å². The van der Waals surface area contributed by atoms with Crippen LogP contribution >= 0.6 is 11.3 Å². The van der Waals surface area contributed by atoms with Crippen LogP contribution in [0.25, 0.3) is 4.96 Å². The molecule has 3 heterocycles. The maximum absolute atomic E-state index is 6.16. The van der Waals surface area contributed by atoms with Gasteiger partial charge in [0.1, 0.15) is 0 Å². The second-order valence-electron chi connectivity index (χ2n) is 5.40. The monoisotopic (exact) mass is 294 g/mol. The van der Waals surface area contributed by atoms with E-state index >= 15 is 0 Å². The van der Waals surface area contributed by atoms with Crippen LogP contribution in [0.1, 0.15) is 25.5 Å². The van der Waals surface area contributed by atoms with Crippen molar-refractivity contribution in [2.75, 3.05) is 25.1 Å². The summed E-state index contributed by atoms with van der Waals surface area (Å²) in [6, 6.07) is 0.189. The first-order chi connectivity index (χ1) is 9.72. The van der Waals surface area contributed by atoms with E-state index in [1.54, 1.807) is 18.4 Å². The largest absolute Gasteiger partial charge is 0.380 e. The van der Waals surface area contributed by atoms with Gasteiger partial charge in [0.05, 0.1) is 11.8 Å². The molecule has 0 aliphatic carbocycles. The Kier molecular flexibility index (Phi) is 3.96. The average Bonchev–Trinajstić information content (AvgIpc) is 3.14. The van der Waals surface area contributed by atoms with E-state index in [2.05, 4.69) is 27.8 Å². The third kappa shape index (κ3) is 2.43. The van der Waals surface area contributed by atoms with Crippen LogP contribution in [0.15, 0.2) is 11.6 Å². The standard InChI is InChI=1S/C14H22N4OS/c1-3-10(15)8-12-13(16-14-18(12)6-7-20-14)17-5-4-11(9-17)19-2/h6-7,10-11H,3-5,8-9,15H2,1-2H3. The number of rotatable bonds is 5. The first kappa shape index (κ1) is 13.9. The van der Waals surface area contributed by atoms with Gasteiger partial charge in [0.25, 0.3) is 0 Å². The van der Waals surface area contributed by atoms with E-state index in [1.807, 2.05) is 0 Å². The number of imidazole rings is 1. The Morgan fingerprint density at radius 3 is 3.15 bits per heavy atom. The van der Waals surface area contributed by atoms with E-state index in [4.69, 9.17) is 15.5 Å². The van der Waals surface area contributed by atoms with Crippen LogP contribution in [-0.4, -0.2) is 41.7 Å². The molecule has 1 aliphatic rings. The lowest BCUT2D eigenvalue weighted by atomic mass is 10.1. The van der Waals surface area contributed by atoms with Crippen molar-refractivity contribution in [3.8, 4) is 0 Å². The minimum absolute atomic E-state index is 0.189. The Hall–Kier alpha value is -1.11. The molecule has 2 atom stereocenters. The molecule has 2 unspecified atom stereocenters. The molecule has 1 saturated heterocycles. The highest BCUT2D eigenvalue weighted by atomic mass is 32.1. The molecular weight excluding hydrogens is 272 g/mol. The Balaban J connectivity index is 1.93. The number of hydrogen-bond donors (Lipinski definition) is 1. The summed E-state index contributed by atoms with van der Waals surface area (Å²) in [7, 11) is 1.79. The van der Waals surface area contributed by atoms with Crippen molar-refractivity contribution >= 4 is 22.1 Å². The summed E-state index contributed by atoms with van der Waals surface area (Å²) in [5.41, 5.74) is 7.41. The fourth-order valence-electron chi connectivity index (χ4n) is 2.77. The number of aromatic nitrogens is 2. The minimum atomic E-state index is 0.189. The fourth-order valence-corrected chi connectivity index (χ4v) is 3.50. The normalized spacial score (nSPS) is 20.9. The van der Waals surface area contributed by atoms with Crippen LogP contribution in [-0.2, 0) is 11.2 Å². The predicted octanol–water partition coefficient (Wildman–Crippen LogP) is 1.90. The molecule has 110 valence electrons. The van der Waals surface area contributed by atoms with E-state index < -0.39 is 0 Å². The maximum atomic E-state index is 6.16. The summed E-state index contributed by atoms with van der Waals surface area (Å²) >= 11 is 1.68. The highest BCUT2D eigenvalue weighted by Crippen LogP contribution is 2.29. The van der Waals surface area contributed by atoms with Crippen molar-refractivity contribution in [1.29, 1.82) is 0 Å². The number of fused-ring (bicyclic) bond motifs is 1. The molecular formula is C14H22N4OS. The minimum Gasteiger partial charge on any atom is -0.380 e.